The number of hydrogen-bond donors (Lipinski definition) is 0. The van der Waals surface area contributed by atoms with Crippen molar-refractivity contribution in [1.29, 1.82) is 0 Å². The summed E-state index contributed by atoms with van der Waals surface area (Å²) in [5, 5.41) is 0. The summed E-state index contributed by atoms with van der Waals surface area (Å²) in [5.74, 6) is -1.21. The molecule has 0 aliphatic carbocycles. The van der Waals surface area contributed by atoms with Crippen LogP contribution in [0.1, 0.15) is 30.3 Å². The predicted molar refractivity (Wildman–Crippen MR) is 84.8 cm³/mol. The van der Waals surface area contributed by atoms with Crippen LogP contribution in [0.25, 0.3) is 11.3 Å². The summed E-state index contributed by atoms with van der Waals surface area (Å²) in [6, 6.07) is 9.03. The third-order valence-corrected chi connectivity index (χ3v) is 4.00. The molecule has 3 rings (SSSR count). The first kappa shape index (κ1) is 16.2. The van der Waals surface area contributed by atoms with E-state index in [2.05, 4.69) is 0 Å². The number of benzene rings is 1. The molecule has 6 heteroatoms. The smallest absolute Gasteiger partial charge is 0.375 e. The molecule has 0 radical (unpaired) electrons. The summed E-state index contributed by atoms with van der Waals surface area (Å²) in [6.45, 7) is 2.93. The zero-order chi connectivity index (χ0) is 17.1. The van der Waals surface area contributed by atoms with E-state index in [1.54, 1.807) is 30.0 Å². The van der Waals surface area contributed by atoms with Gasteiger partial charge >= 0.3 is 5.97 Å². The minimum absolute atomic E-state index is 0.0608. The van der Waals surface area contributed by atoms with Crippen molar-refractivity contribution in [3.8, 4) is 11.3 Å². The van der Waals surface area contributed by atoms with E-state index in [1.165, 1.54) is 18.2 Å². The van der Waals surface area contributed by atoms with Crippen LogP contribution in [0.5, 0.6) is 0 Å². The molecular weight excluding hydrogens is 313 g/mol. The van der Waals surface area contributed by atoms with Gasteiger partial charge in [0.05, 0.1) is 5.56 Å². The van der Waals surface area contributed by atoms with Crippen molar-refractivity contribution in [3.63, 3.8) is 0 Å². The Morgan fingerprint density at radius 2 is 1.88 bits per heavy atom. The second-order valence-electron chi connectivity index (χ2n) is 5.72. The number of carbonyl (C=O) groups is 2. The average molecular weight is 331 g/mol. The molecule has 0 unspecified atom stereocenters. The third-order valence-electron chi connectivity index (χ3n) is 4.00. The van der Waals surface area contributed by atoms with Gasteiger partial charge in [-0.2, -0.15) is 0 Å². The van der Waals surface area contributed by atoms with Crippen molar-refractivity contribution in [2.45, 2.75) is 25.9 Å². The van der Waals surface area contributed by atoms with Crippen molar-refractivity contribution < 1.29 is 23.1 Å². The van der Waals surface area contributed by atoms with E-state index >= 15 is 0 Å². The molecule has 0 N–H and O–H groups in total. The molecule has 1 atom stereocenters. The maximum Gasteiger partial charge on any atom is 0.375 e. The summed E-state index contributed by atoms with van der Waals surface area (Å²) in [6.07, 6.45) is 1.06. The van der Waals surface area contributed by atoms with E-state index in [-0.39, 0.29) is 23.0 Å². The summed E-state index contributed by atoms with van der Waals surface area (Å²) in [7, 11) is 0. The highest BCUT2D eigenvalue weighted by molar-refractivity contribution is 5.90. The largest absolute Gasteiger partial charge is 0.449 e. The van der Waals surface area contributed by atoms with Crippen LogP contribution in [-0.2, 0) is 9.53 Å². The maximum absolute atomic E-state index is 13.7. The molecular formula is C18H18FNO4. The molecule has 0 saturated carbocycles. The number of carbonyl (C=O) groups excluding carboxylic acids is 2. The molecule has 1 aliphatic rings. The zero-order valence-electron chi connectivity index (χ0n) is 13.3. The van der Waals surface area contributed by atoms with Gasteiger partial charge in [-0.25, -0.2) is 9.18 Å². The van der Waals surface area contributed by atoms with Crippen LogP contribution in [0.4, 0.5) is 4.39 Å². The quantitative estimate of drug-likeness (QED) is 0.807. The Labute approximate surface area is 139 Å². The minimum atomic E-state index is -0.877. The summed E-state index contributed by atoms with van der Waals surface area (Å²) in [5.41, 5.74) is 0.262. The first-order valence-electron chi connectivity index (χ1n) is 7.91. The van der Waals surface area contributed by atoms with Crippen LogP contribution in [0, 0.1) is 5.82 Å². The SMILES string of the molecule is C[C@@H](OC(=O)c1ccc(-c2ccccc2F)o1)C(=O)N1CCCC1. The van der Waals surface area contributed by atoms with Crippen LogP contribution in [0.2, 0.25) is 0 Å². The van der Waals surface area contributed by atoms with E-state index in [1.807, 2.05) is 0 Å². The van der Waals surface area contributed by atoms with Crippen molar-refractivity contribution in [2.24, 2.45) is 0 Å². The van der Waals surface area contributed by atoms with E-state index in [0.29, 0.717) is 13.1 Å². The third kappa shape index (κ3) is 3.32. The number of hydrogen-bond acceptors (Lipinski definition) is 4. The number of likely N-dealkylation sites (tertiary alicyclic amines) is 1. The first-order valence-corrected chi connectivity index (χ1v) is 7.91. The normalized spacial score (nSPS) is 15.3. The van der Waals surface area contributed by atoms with Crippen LogP contribution in [-0.4, -0.2) is 36.0 Å². The highest BCUT2D eigenvalue weighted by atomic mass is 19.1. The van der Waals surface area contributed by atoms with Gasteiger partial charge in [-0.3, -0.25) is 4.79 Å². The van der Waals surface area contributed by atoms with Gasteiger partial charge in [0.15, 0.2) is 6.10 Å². The van der Waals surface area contributed by atoms with Crippen molar-refractivity contribution in [3.05, 3.63) is 48.0 Å². The lowest BCUT2D eigenvalue weighted by atomic mass is 10.1. The molecule has 126 valence electrons. The Balaban J connectivity index is 1.67. The zero-order valence-corrected chi connectivity index (χ0v) is 13.3. The number of ether oxygens (including phenoxy) is 1. The predicted octanol–water partition coefficient (Wildman–Crippen LogP) is 3.25. The molecule has 1 aromatic carbocycles. The van der Waals surface area contributed by atoms with Crippen molar-refractivity contribution >= 4 is 11.9 Å². The van der Waals surface area contributed by atoms with Gasteiger partial charge in [-0.1, -0.05) is 12.1 Å². The van der Waals surface area contributed by atoms with Gasteiger partial charge in [0.2, 0.25) is 5.76 Å². The fourth-order valence-corrected chi connectivity index (χ4v) is 2.72. The number of rotatable bonds is 4. The summed E-state index contributed by atoms with van der Waals surface area (Å²) >= 11 is 0. The summed E-state index contributed by atoms with van der Waals surface area (Å²) in [4.78, 5) is 26.0. The molecule has 1 fully saturated rings. The number of furan rings is 1. The number of halogens is 1. The lowest BCUT2D eigenvalue weighted by Crippen LogP contribution is -2.38. The maximum atomic E-state index is 13.7. The van der Waals surface area contributed by atoms with Crippen LogP contribution < -0.4 is 0 Å². The second kappa shape index (κ2) is 6.86. The molecule has 24 heavy (non-hydrogen) atoms. The Morgan fingerprint density at radius 3 is 2.58 bits per heavy atom. The van der Waals surface area contributed by atoms with Gasteiger partial charge in [0.1, 0.15) is 11.6 Å². The highest BCUT2D eigenvalue weighted by Gasteiger charge is 2.27. The second-order valence-corrected chi connectivity index (χ2v) is 5.72. The van der Waals surface area contributed by atoms with Gasteiger partial charge in [-0.15, -0.1) is 0 Å². The van der Waals surface area contributed by atoms with E-state index < -0.39 is 17.9 Å². The molecule has 0 spiro atoms. The monoisotopic (exact) mass is 331 g/mol. The van der Waals surface area contributed by atoms with Crippen LogP contribution >= 0.6 is 0 Å². The average Bonchev–Trinajstić information content (AvgIpc) is 3.26. The topological polar surface area (TPSA) is 59.8 Å². The molecule has 1 aromatic heterocycles. The van der Waals surface area contributed by atoms with Gasteiger partial charge in [0, 0.05) is 13.1 Å². The highest BCUT2D eigenvalue weighted by Crippen LogP contribution is 2.25. The fourth-order valence-electron chi connectivity index (χ4n) is 2.72. The first-order chi connectivity index (χ1) is 11.6. The summed E-state index contributed by atoms with van der Waals surface area (Å²) < 4.78 is 24.3. The Bertz CT molecular complexity index is 749. The Kier molecular flexibility index (Phi) is 4.64. The van der Waals surface area contributed by atoms with E-state index in [0.717, 1.165) is 12.8 Å². The molecule has 0 bridgehead atoms. The van der Waals surface area contributed by atoms with E-state index in [4.69, 9.17) is 9.15 Å². The number of nitrogens with zero attached hydrogens (tertiary/aromatic N) is 1. The molecule has 1 saturated heterocycles. The molecule has 1 amide bonds. The molecule has 2 heterocycles. The van der Waals surface area contributed by atoms with Crippen molar-refractivity contribution in [1.82, 2.24) is 4.90 Å². The molecule has 1 aliphatic heterocycles. The minimum Gasteiger partial charge on any atom is -0.449 e. The standard InChI is InChI=1S/C18H18FNO4/c1-12(17(21)20-10-4-5-11-20)23-18(22)16-9-8-15(24-16)13-6-2-3-7-14(13)19/h2-3,6-9,12H,4-5,10-11H2,1H3/t12-/m1/s1. The van der Waals surface area contributed by atoms with Gasteiger partial charge in [0.25, 0.3) is 5.91 Å². The lowest BCUT2D eigenvalue weighted by molar-refractivity contribution is -0.138. The Hall–Kier alpha value is -2.63. The van der Waals surface area contributed by atoms with Gasteiger partial charge in [-0.05, 0) is 44.0 Å². The van der Waals surface area contributed by atoms with Crippen molar-refractivity contribution in [2.75, 3.05) is 13.1 Å². The van der Waals surface area contributed by atoms with Crippen LogP contribution in [0.3, 0.4) is 0 Å². The van der Waals surface area contributed by atoms with Gasteiger partial charge < -0.3 is 14.1 Å². The lowest BCUT2D eigenvalue weighted by Gasteiger charge is -2.19. The molecule has 2 aromatic rings. The fraction of sp³-hybridized carbons (Fsp3) is 0.333. The number of esters is 1. The number of amides is 1. The van der Waals surface area contributed by atoms with Crippen LogP contribution in [0.15, 0.2) is 40.8 Å². The molecule has 5 nitrogen and oxygen atoms in total. The Morgan fingerprint density at radius 1 is 1.17 bits per heavy atom. The van der Waals surface area contributed by atoms with E-state index in [9.17, 15) is 14.0 Å².